The number of carbonyl (C=O) groups is 3. The summed E-state index contributed by atoms with van der Waals surface area (Å²) in [6, 6.07) is 13.3. The summed E-state index contributed by atoms with van der Waals surface area (Å²) in [6.45, 7) is 13.9. The van der Waals surface area contributed by atoms with Gasteiger partial charge in [0.1, 0.15) is 16.6 Å². The number of hydrogen-bond acceptors (Lipinski definition) is 10. The fourth-order valence-corrected chi connectivity index (χ4v) is 10.1. The van der Waals surface area contributed by atoms with Gasteiger partial charge in [0.2, 0.25) is 5.91 Å². The molecular formula is C44H47ClN8O3S3. The molecule has 3 N–H and O–H groups in total. The Bertz CT molecular complexity index is 2540. The molecule has 1 aliphatic heterocycles. The zero-order valence-corrected chi connectivity index (χ0v) is 37.1. The Balaban J connectivity index is 0.968. The SMILES string of the molecule is Cc1sc2c(c1C)C(c1ccc(Cl)cc1)=C[C@@H](CC(=O)NCCCCNC(=O)c1cc(SC(C)(C)C)c3ncc(C(=O)NCCc4nccs4)cc3c1)c1nnc(C)n1-2. The van der Waals surface area contributed by atoms with Crippen molar-refractivity contribution in [1.82, 2.24) is 40.7 Å². The first kappa shape index (κ1) is 42.2. The number of aryl methyl sites for hydroxylation is 2. The molecule has 59 heavy (non-hydrogen) atoms. The van der Waals surface area contributed by atoms with Gasteiger partial charge in [-0.15, -0.1) is 44.6 Å². The summed E-state index contributed by atoms with van der Waals surface area (Å²) in [6.07, 6.45) is 7.71. The number of unbranched alkanes of at least 4 members (excludes halogenated alkanes) is 1. The maximum Gasteiger partial charge on any atom is 0.252 e. The molecule has 1 atom stereocenters. The minimum absolute atomic E-state index is 0.0858. The summed E-state index contributed by atoms with van der Waals surface area (Å²) in [5.41, 5.74) is 6.06. The van der Waals surface area contributed by atoms with Crippen molar-refractivity contribution >= 4 is 80.2 Å². The lowest BCUT2D eigenvalue weighted by Gasteiger charge is -2.19. The molecule has 0 fully saturated rings. The molecule has 5 heterocycles. The van der Waals surface area contributed by atoms with E-state index in [1.165, 1.54) is 10.4 Å². The number of rotatable bonds is 14. The second-order valence-corrected chi connectivity index (χ2v) is 20.0. The standard InChI is InChI=1S/C44H47ClN8O3S3/c1-25-26(2)58-43-38(25)34(28-9-11-33(45)12-10-28)21-30(40-52-51-27(3)53(40)43)23-36(54)46-14-7-8-15-48-41(55)31-19-29-20-32(42(56)49-16-13-37-47-17-18-57-37)24-50-39(29)35(22-31)59-44(4,5)6/h9-12,17-22,24,30H,7-8,13-16,23H2,1-6H3,(H,46,54)(H,48,55)(H,49,56)/t30-/m0/s1. The van der Waals surface area contributed by atoms with Crippen LogP contribution in [0.1, 0.15) is 105 Å². The van der Waals surface area contributed by atoms with E-state index in [1.54, 1.807) is 59.0 Å². The number of allylic oxidation sites excluding steroid dienone is 1. The first-order valence-corrected chi connectivity index (χ1v) is 22.5. The fourth-order valence-electron chi connectivity index (χ4n) is 7.03. The number of hydrogen-bond donors (Lipinski definition) is 3. The molecule has 0 aliphatic carbocycles. The molecule has 0 bridgehead atoms. The summed E-state index contributed by atoms with van der Waals surface area (Å²) in [7, 11) is 0. The van der Waals surface area contributed by atoms with Gasteiger partial charge in [-0.05, 0) is 80.6 Å². The lowest BCUT2D eigenvalue weighted by molar-refractivity contribution is -0.121. The fraction of sp³-hybridized carbons (Fsp3) is 0.341. The number of halogens is 1. The normalized spacial score (nSPS) is 13.7. The number of benzene rings is 2. The Morgan fingerprint density at radius 1 is 0.898 bits per heavy atom. The lowest BCUT2D eigenvalue weighted by atomic mass is 9.92. The average Bonchev–Trinajstić information content (AvgIpc) is 3.91. The monoisotopic (exact) mass is 866 g/mol. The van der Waals surface area contributed by atoms with Gasteiger partial charge in [0.25, 0.3) is 11.8 Å². The van der Waals surface area contributed by atoms with E-state index in [0.717, 1.165) is 54.2 Å². The van der Waals surface area contributed by atoms with Crippen molar-refractivity contribution in [3.63, 3.8) is 0 Å². The largest absolute Gasteiger partial charge is 0.356 e. The number of fused-ring (bicyclic) bond motifs is 4. The van der Waals surface area contributed by atoms with Gasteiger partial charge < -0.3 is 16.0 Å². The van der Waals surface area contributed by atoms with Crippen LogP contribution >= 0.6 is 46.0 Å². The first-order valence-electron chi connectivity index (χ1n) is 19.6. The van der Waals surface area contributed by atoms with E-state index in [1.807, 2.05) is 42.6 Å². The second-order valence-electron chi connectivity index (χ2n) is 15.5. The molecule has 11 nitrogen and oxygen atoms in total. The Morgan fingerprint density at radius 2 is 1.61 bits per heavy atom. The Kier molecular flexibility index (Phi) is 13.0. The van der Waals surface area contributed by atoms with Crippen LogP contribution in [0.2, 0.25) is 5.02 Å². The van der Waals surface area contributed by atoms with Gasteiger partial charge >= 0.3 is 0 Å². The molecule has 0 radical (unpaired) electrons. The number of pyridine rings is 1. The molecule has 6 aromatic rings. The summed E-state index contributed by atoms with van der Waals surface area (Å²) in [5, 5.41) is 23.4. The summed E-state index contributed by atoms with van der Waals surface area (Å²) in [4.78, 5) is 51.0. The zero-order chi connectivity index (χ0) is 41.8. The zero-order valence-electron chi connectivity index (χ0n) is 33.9. The number of nitrogens with zero attached hydrogens (tertiary/aromatic N) is 5. The molecule has 15 heteroatoms. The van der Waals surface area contributed by atoms with Gasteiger partial charge in [-0.25, -0.2) is 4.98 Å². The van der Waals surface area contributed by atoms with Crippen LogP contribution in [-0.4, -0.2) is 66.8 Å². The quantitative estimate of drug-likeness (QED) is 0.0728. The van der Waals surface area contributed by atoms with Crippen LogP contribution in [0.25, 0.3) is 21.5 Å². The van der Waals surface area contributed by atoms with Crippen LogP contribution in [0.5, 0.6) is 0 Å². The number of amides is 3. The summed E-state index contributed by atoms with van der Waals surface area (Å²) >= 11 is 11.2. The van der Waals surface area contributed by atoms with E-state index in [-0.39, 0.29) is 34.8 Å². The highest BCUT2D eigenvalue weighted by atomic mass is 35.5. The van der Waals surface area contributed by atoms with Gasteiger partial charge in [-0.1, -0.05) is 50.6 Å². The van der Waals surface area contributed by atoms with Crippen molar-refractivity contribution in [1.29, 1.82) is 0 Å². The smallest absolute Gasteiger partial charge is 0.252 e. The van der Waals surface area contributed by atoms with Gasteiger partial charge in [-0.2, -0.15) is 0 Å². The van der Waals surface area contributed by atoms with Crippen LogP contribution in [0, 0.1) is 20.8 Å². The molecular weight excluding hydrogens is 820 g/mol. The van der Waals surface area contributed by atoms with Gasteiger partial charge in [0.15, 0.2) is 0 Å². The third kappa shape index (κ3) is 9.95. The highest BCUT2D eigenvalue weighted by molar-refractivity contribution is 8.00. The first-order chi connectivity index (χ1) is 28.3. The van der Waals surface area contributed by atoms with E-state index in [9.17, 15) is 14.4 Å². The molecule has 3 amide bonds. The predicted molar refractivity (Wildman–Crippen MR) is 239 cm³/mol. The van der Waals surface area contributed by atoms with Gasteiger partial charge in [0, 0.05) is 92.2 Å². The predicted octanol–water partition coefficient (Wildman–Crippen LogP) is 9.02. The topological polar surface area (TPSA) is 144 Å². The van der Waals surface area contributed by atoms with Crippen molar-refractivity contribution in [3.8, 4) is 5.00 Å². The third-order valence-corrected chi connectivity index (χ3v) is 13.4. The third-order valence-electron chi connectivity index (χ3n) is 9.96. The highest BCUT2D eigenvalue weighted by Crippen LogP contribution is 2.44. The number of thioether (sulfide) groups is 1. The Morgan fingerprint density at radius 3 is 2.34 bits per heavy atom. The van der Waals surface area contributed by atoms with Gasteiger partial charge in [-0.3, -0.25) is 23.9 Å². The highest BCUT2D eigenvalue weighted by Gasteiger charge is 2.31. The van der Waals surface area contributed by atoms with Crippen LogP contribution in [-0.2, 0) is 11.2 Å². The lowest BCUT2D eigenvalue weighted by Crippen LogP contribution is -2.28. The number of carbonyl (C=O) groups excluding carboxylic acids is 3. The molecule has 7 rings (SSSR count). The average molecular weight is 868 g/mol. The summed E-state index contributed by atoms with van der Waals surface area (Å²) in [5.74, 6) is 0.686. The van der Waals surface area contributed by atoms with E-state index in [0.29, 0.717) is 55.0 Å². The van der Waals surface area contributed by atoms with E-state index >= 15 is 0 Å². The molecule has 0 saturated carbocycles. The Labute approximate surface area is 361 Å². The van der Waals surface area contributed by atoms with Crippen molar-refractivity contribution in [3.05, 3.63) is 121 Å². The minimum atomic E-state index is -0.307. The van der Waals surface area contributed by atoms with Crippen molar-refractivity contribution in [2.24, 2.45) is 0 Å². The van der Waals surface area contributed by atoms with Crippen LogP contribution in [0.3, 0.4) is 0 Å². The minimum Gasteiger partial charge on any atom is -0.356 e. The maximum atomic E-state index is 13.5. The van der Waals surface area contributed by atoms with Crippen LogP contribution in [0.15, 0.2) is 71.2 Å². The van der Waals surface area contributed by atoms with Crippen molar-refractivity contribution in [2.45, 2.75) is 82.8 Å². The Hall–Kier alpha value is -4.89. The van der Waals surface area contributed by atoms with Gasteiger partial charge in [0.05, 0.1) is 16.1 Å². The van der Waals surface area contributed by atoms with Crippen LogP contribution in [0.4, 0.5) is 0 Å². The molecule has 4 aromatic heterocycles. The second kappa shape index (κ2) is 18.2. The molecule has 306 valence electrons. The van der Waals surface area contributed by atoms with Crippen molar-refractivity contribution in [2.75, 3.05) is 19.6 Å². The maximum absolute atomic E-state index is 13.5. The molecule has 0 spiro atoms. The summed E-state index contributed by atoms with van der Waals surface area (Å²) < 4.78 is 1.97. The number of aromatic nitrogens is 5. The number of thiazole rings is 1. The molecule has 0 unspecified atom stereocenters. The molecule has 0 saturated heterocycles. The van der Waals surface area contributed by atoms with E-state index in [2.05, 4.69) is 81.4 Å². The molecule has 1 aliphatic rings. The van der Waals surface area contributed by atoms with Crippen LogP contribution < -0.4 is 16.0 Å². The van der Waals surface area contributed by atoms with Crippen molar-refractivity contribution < 1.29 is 14.4 Å². The number of nitrogens with one attached hydrogen (secondary N) is 3. The molecule has 2 aromatic carbocycles. The van der Waals surface area contributed by atoms with E-state index < -0.39 is 0 Å². The number of thiophene rings is 1. The van der Waals surface area contributed by atoms with E-state index in [4.69, 9.17) is 11.6 Å².